The van der Waals surface area contributed by atoms with Gasteiger partial charge < -0.3 is 5.32 Å². The van der Waals surface area contributed by atoms with E-state index < -0.39 is 4.92 Å². The fourth-order valence-corrected chi connectivity index (χ4v) is 3.79. The molecular formula is C21H15ClN4O3S. The highest BCUT2D eigenvalue weighted by atomic mass is 35.5. The van der Waals surface area contributed by atoms with Crippen LogP contribution < -0.4 is 5.32 Å². The summed E-state index contributed by atoms with van der Waals surface area (Å²) in [6.07, 6.45) is 0. The number of nitrogens with one attached hydrogen (secondary N) is 1. The van der Waals surface area contributed by atoms with E-state index in [1.54, 1.807) is 36.4 Å². The van der Waals surface area contributed by atoms with Gasteiger partial charge >= 0.3 is 5.00 Å². The van der Waals surface area contributed by atoms with Gasteiger partial charge in [-0.3, -0.25) is 14.9 Å². The van der Waals surface area contributed by atoms with Crippen molar-refractivity contribution < 1.29 is 9.72 Å². The first-order valence-electron chi connectivity index (χ1n) is 8.94. The SMILES string of the molecule is O=C(CNc1ccccc1)n1nc(-c2ccc([N+](=O)[O-])s2)cc1-c1ccc(Cl)cc1. The molecule has 0 unspecified atom stereocenters. The Labute approximate surface area is 180 Å². The van der Waals surface area contributed by atoms with Crippen molar-refractivity contribution in [2.45, 2.75) is 0 Å². The van der Waals surface area contributed by atoms with Crippen molar-refractivity contribution in [3.8, 4) is 21.8 Å². The highest BCUT2D eigenvalue weighted by Gasteiger charge is 2.19. The molecule has 7 nitrogen and oxygen atoms in total. The number of rotatable bonds is 6. The number of thiophene rings is 1. The van der Waals surface area contributed by atoms with Gasteiger partial charge in [-0.15, -0.1) is 0 Å². The number of carbonyl (C=O) groups is 1. The number of nitro groups is 1. The topological polar surface area (TPSA) is 90.1 Å². The number of carbonyl (C=O) groups excluding carboxylic acids is 1. The second-order valence-corrected chi connectivity index (χ2v) is 7.84. The molecule has 0 fully saturated rings. The van der Waals surface area contributed by atoms with Gasteiger partial charge in [0, 0.05) is 22.3 Å². The van der Waals surface area contributed by atoms with Gasteiger partial charge in [-0.2, -0.15) is 9.78 Å². The van der Waals surface area contributed by atoms with Crippen LogP contribution in [0.5, 0.6) is 0 Å². The number of hydrogen-bond acceptors (Lipinski definition) is 6. The highest BCUT2D eigenvalue weighted by molar-refractivity contribution is 7.18. The molecule has 2 aromatic heterocycles. The van der Waals surface area contributed by atoms with Crippen molar-refractivity contribution in [3.63, 3.8) is 0 Å². The first-order chi connectivity index (χ1) is 14.5. The molecule has 0 atom stereocenters. The number of benzene rings is 2. The lowest BCUT2D eigenvalue weighted by Crippen LogP contribution is -2.22. The standard InChI is InChI=1S/C21H15ClN4O3S/c22-15-8-6-14(7-9-15)18-12-17(19-10-11-21(30-19)26(28)29)24-25(18)20(27)13-23-16-4-2-1-3-5-16/h1-12,23H,13H2. The Hall–Kier alpha value is -3.49. The molecule has 4 rings (SSSR count). The Bertz CT molecular complexity index is 1200. The van der Waals surface area contributed by atoms with Crippen LogP contribution in [-0.4, -0.2) is 27.2 Å². The molecule has 0 bridgehead atoms. The summed E-state index contributed by atoms with van der Waals surface area (Å²) < 4.78 is 1.32. The quantitative estimate of drug-likeness (QED) is 0.313. The largest absolute Gasteiger partial charge is 0.376 e. The average Bonchev–Trinajstić information content (AvgIpc) is 3.41. The smallest absolute Gasteiger partial charge is 0.324 e. The molecule has 0 radical (unpaired) electrons. The number of anilines is 1. The van der Waals surface area contributed by atoms with Crippen LogP contribution in [0.15, 0.2) is 72.8 Å². The Morgan fingerprint density at radius 1 is 1.10 bits per heavy atom. The summed E-state index contributed by atoms with van der Waals surface area (Å²) in [7, 11) is 0. The van der Waals surface area contributed by atoms with Crippen LogP contribution in [0.2, 0.25) is 5.02 Å². The maximum absolute atomic E-state index is 12.9. The van der Waals surface area contributed by atoms with E-state index in [1.165, 1.54) is 10.7 Å². The Kier molecular flexibility index (Phi) is 5.60. The van der Waals surface area contributed by atoms with Crippen molar-refractivity contribution >= 4 is 39.5 Å². The zero-order valence-electron chi connectivity index (χ0n) is 15.5. The van der Waals surface area contributed by atoms with E-state index in [4.69, 9.17) is 11.6 Å². The fourth-order valence-electron chi connectivity index (χ4n) is 2.89. The number of para-hydroxylation sites is 1. The molecule has 1 N–H and O–H groups in total. The number of halogens is 1. The molecule has 9 heteroatoms. The van der Waals surface area contributed by atoms with Gasteiger partial charge in [0.05, 0.1) is 22.0 Å². The van der Waals surface area contributed by atoms with E-state index >= 15 is 0 Å². The first-order valence-corrected chi connectivity index (χ1v) is 10.1. The molecule has 0 aliphatic rings. The molecule has 2 aromatic carbocycles. The van der Waals surface area contributed by atoms with E-state index in [0.717, 1.165) is 22.6 Å². The first kappa shape index (κ1) is 19.8. The molecule has 0 aliphatic heterocycles. The summed E-state index contributed by atoms with van der Waals surface area (Å²) in [5.74, 6) is -0.263. The van der Waals surface area contributed by atoms with Crippen molar-refractivity contribution in [2.75, 3.05) is 11.9 Å². The van der Waals surface area contributed by atoms with Crippen LogP contribution in [0, 0.1) is 10.1 Å². The van der Waals surface area contributed by atoms with Gasteiger partial charge in [0.15, 0.2) is 0 Å². The molecule has 2 heterocycles. The maximum atomic E-state index is 12.9. The maximum Gasteiger partial charge on any atom is 0.324 e. The third kappa shape index (κ3) is 4.24. The highest BCUT2D eigenvalue weighted by Crippen LogP contribution is 2.34. The lowest BCUT2D eigenvalue weighted by molar-refractivity contribution is -0.380. The molecule has 4 aromatic rings. The van der Waals surface area contributed by atoms with Crippen LogP contribution in [-0.2, 0) is 0 Å². The van der Waals surface area contributed by atoms with Crippen molar-refractivity contribution in [3.05, 3.63) is 87.9 Å². The molecule has 30 heavy (non-hydrogen) atoms. The van der Waals surface area contributed by atoms with Crippen molar-refractivity contribution in [1.82, 2.24) is 9.78 Å². The van der Waals surface area contributed by atoms with E-state index in [1.807, 2.05) is 30.3 Å². The molecule has 0 spiro atoms. The fraction of sp³-hybridized carbons (Fsp3) is 0.0476. The minimum Gasteiger partial charge on any atom is -0.376 e. The van der Waals surface area contributed by atoms with Gasteiger partial charge in [-0.25, -0.2) is 0 Å². The Balaban J connectivity index is 1.69. The molecule has 0 saturated carbocycles. The summed E-state index contributed by atoms with van der Waals surface area (Å²) >= 11 is 7.00. The lowest BCUT2D eigenvalue weighted by Gasteiger charge is -2.08. The van der Waals surface area contributed by atoms with Crippen molar-refractivity contribution in [2.24, 2.45) is 0 Å². The molecule has 0 aliphatic carbocycles. The summed E-state index contributed by atoms with van der Waals surface area (Å²) in [4.78, 5) is 24.1. The van der Waals surface area contributed by atoms with Crippen LogP contribution in [0.1, 0.15) is 4.79 Å². The number of hydrogen-bond donors (Lipinski definition) is 1. The van der Waals surface area contributed by atoms with E-state index in [0.29, 0.717) is 21.3 Å². The monoisotopic (exact) mass is 438 g/mol. The third-order valence-corrected chi connectivity index (χ3v) is 5.64. The van der Waals surface area contributed by atoms with E-state index in [2.05, 4.69) is 10.4 Å². The Morgan fingerprint density at radius 2 is 1.83 bits per heavy atom. The summed E-state index contributed by atoms with van der Waals surface area (Å²) in [6.45, 7) is 0.0380. The average molecular weight is 439 g/mol. The number of nitrogens with zero attached hydrogens (tertiary/aromatic N) is 3. The van der Waals surface area contributed by atoms with Gasteiger partial charge in [0.1, 0.15) is 5.69 Å². The molecular weight excluding hydrogens is 424 g/mol. The van der Waals surface area contributed by atoms with Crippen LogP contribution in [0.4, 0.5) is 10.7 Å². The third-order valence-electron chi connectivity index (χ3n) is 4.33. The Morgan fingerprint density at radius 3 is 2.50 bits per heavy atom. The summed E-state index contributed by atoms with van der Waals surface area (Å²) in [5, 5.41) is 19.1. The zero-order valence-corrected chi connectivity index (χ0v) is 17.1. The molecule has 0 saturated heterocycles. The van der Waals surface area contributed by atoms with Crippen LogP contribution in [0.25, 0.3) is 21.8 Å². The zero-order chi connectivity index (χ0) is 21.1. The minimum absolute atomic E-state index is 0.0182. The van der Waals surface area contributed by atoms with Crippen LogP contribution in [0.3, 0.4) is 0 Å². The predicted molar refractivity (Wildman–Crippen MR) is 118 cm³/mol. The minimum atomic E-state index is -0.444. The summed E-state index contributed by atoms with van der Waals surface area (Å²) in [6, 6.07) is 21.3. The lowest BCUT2D eigenvalue weighted by atomic mass is 10.1. The van der Waals surface area contributed by atoms with Gasteiger partial charge in [0.25, 0.3) is 5.91 Å². The van der Waals surface area contributed by atoms with E-state index in [-0.39, 0.29) is 17.5 Å². The second kappa shape index (κ2) is 8.48. The normalized spacial score (nSPS) is 10.7. The van der Waals surface area contributed by atoms with Gasteiger partial charge in [0.2, 0.25) is 0 Å². The van der Waals surface area contributed by atoms with Gasteiger partial charge in [-0.1, -0.05) is 53.3 Å². The molecule has 150 valence electrons. The van der Waals surface area contributed by atoms with Crippen molar-refractivity contribution in [1.29, 1.82) is 0 Å². The van der Waals surface area contributed by atoms with E-state index in [9.17, 15) is 14.9 Å². The molecule has 0 amide bonds. The number of aromatic nitrogens is 2. The van der Waals surface area contributed by atoms with Gasteiger partial charge in [-0.05, 0) is 36.4 Å². The predicted octanol–water partition coefficient (Wildman–Crippen LogP) is 5.59. The summed E-state index contributed by atoms with van der Waals surface area (Å²) in [5.41, 5.74) is 2.65. The van der Waals surface area contributed by atoms with Crippen LogP contribution >= 0.6 is 22.9 Å². The second-order valence-electron chi connectivity index (χ2n) is 6.34.